The monoisotopic (exact) mass is 287 g/mol. The van der Waals surface area contributed by atoms with Gasteiger partial charge >= 0.3 is 0 Å². The third-order valence-electron chi connectivity index (χ3n) is 4.26. The van der Waals surface area contributed by atoms with Gasteiger partial charge in [-0.2, -0.15) is 0 Å². The van der Waals surface area contributed by atoms with E-state index in [1.807, 2.05) is 12.1 Å². The van der Waals surface area contributed by atoms with Crippen LogP contribution in [0.5, 0.6) is 11.5 Å². The van der Waals surface area contributed by atoms with E-state index in [-0.39, 0.29) is 0 Å². The highest BCUT2D eigenvalue weighted by atomic mass is 16.5. The Morgan fingerprint density at radius 1 is 1.00 bits per heavy atom. The molecular formula is C16H21N3O2. The Hall–Kier alpha value is -1.75. The number of fused-ring (bicyclic) bond motifs is 2. The van der Waals surface area contributed by atoms with Gasteiger partial charge in [-0.25, -0.2) is 4.98 Å². The zero-order chi connectivity index (χ0) is 14.1. The lowest BCUT2D eigenvalue weighted by molar-refractivity contribution is 0.297. The van der Waals surface area contributed by atoms with Gasteiger partial charge < -0.3 is 19.8 Å². The van der Waals surface area contributed by atoms with Crippen LogP contribution in [-0.2, 0) is 0 Å². The van der Waals surface area contributed by atoms with E-state index in [1.54, 1.807) is 0 Å². The summed E-state index contributed by atoms with van der Waals surface area (Å²) >= 11 is 0. The lowest BCUT2D eigenvalue weighted by Crippen LogP contribution is -2.21. The minimum Gasteiger partial charge on any atom is -0.489 e. The second-order valence-electron chi connectivity index (χ2n) is 5.84. The topological polar surface area (TPSA) is 59.2 Å². The van der Waals surface area contributed by atoms with E-state index in [4.69, 9.17) is 14.5 Å². The van der Waals surface area contributed by atoms with Gasteiger partial charge in [-0.1, -0.05) is 12.8 Å². The molecule has 0 radical (unpaired) electrons. The number of aromatic nitrogens is 2. The maximum absolute atomic E-state index is 5.74. The minimum atomic E-state index is 0.335. The summed E-state index contributed by atoms with van der Waals surface area (Å²) in [6.07, 6.45) is 5.89. The molecule has 0 aliphatic carbocycles. The zero-order valence-electron chi connectivity index (χ0n) is 12.2. The Morgan fingerprint density at radius 3 is 2.76 bits per heavy atom. The number of imidazole rings is 1. The van der Waals surface area contributed by atoms with Crippen molar-refractivity contribution in [3.8, 4) is 11.5 Å². The molecular weight excluding hydrogens is 266 g/mol. The summed E-state index contributed by atoms with van der Waals surface area (Å²) < 4.78 is 11.5. The van der Waals surface area contributed by atoms with E-state index in [0.29, 0.717) is 19.3 Å². The molecule has 2 aliphatic rings. The SMILES string of the molecule is c1c2c(cc3[nH]c(C4CCCCCN4)nc13)OCCCO2. The van der Waals surface area contributed by atoms with E-state index >= 15 is 0 Å². The van der Waals surface area contributed by atoms with Crippen LogP contribution in [0.25, 0.3) is 11.0 Å². The normalized spacial score (nSPS) is 22.8. The molecule has 1 aromatic carbocycles. The molecule has 2 aliphatic heterocycles. The largest absolute Gasteiger partial charge is 0.489 e. The Labute approximate surface area is 124 Å². The van der Waals surface area contributed by atoms with Gasteiger partial charge in [0.15, 0.2) is 11.5 Å². The fourth-order valence-corrected chi connectivity index (χ4v) is 3.11. The number of aromatic amines is 1. The van der Waals surface area contributed by atoms with Crippen LogP contribution in [0.4, 0.5) is 0 Å². The first kappa shape index (κ1) is 13.0. The van der Waals surface area contributed by atoms with Gasteiger partial charge in [0.25, 0.3) is 0 Å². The highest BCUT2D eigenvalue weighted by molar-refractivity contribution is 5.80. The highest BCUT2D eigenvalue weighted by Crippen LogP contribution is 2.34. The third-order valence-corrected chi connectivity index (χ3v) is 4.26. The van der Waals surface area contributed by atoms with Crippen LogP contribution in [-0.4, -0.2) is 29.7 Å². The Balaban J connectivity index is 1.69. The molecule has 21 heavy (non-hydrogen) atoms. The smallest absolute Gasteiger partial charge is 0.163 e. The second kappa shape index (κ2) is 5.56. The number of nitrogens with zero attached hydrogens (tertiary/aromatic N) is 1. The van der Waals surface area contributed by atoms with Crippen molar-refractivity contribution in [2.24, 2.45) is 0 Å². The molecule has 1 fully saturated rings. The van der Waals surface area contributed by atoms with Gasteiger partial charge in [-0.3, -0.25) is 0 Å². The molecule has 1 saturated heterocycles. The number of hydrogen-bond donors (Lipinski definition) is 2. The molecule has 2 N–H and O–H groups in total. The first-order valence-corrected chi connectivity index (χ1v) is 7.93. The second-order valence-corrected chi connectivity index (χ2v) is 5.84. The minimum absolute atomic E-state index is 0.335. The molecule has 1 atom stereocenters. The van der Waals surface area contributed by atoms with Gasteiger partial charge in [0, 0.05) is 18.6 Å². The van der Waals surface area contributed by atoms with Crippen LogP contribution >= 0.6 is 0 Å². The van der Waals surface area contributed by atoms with Crippen molar-refractivity contribution in [1.29, 1.82) is 0 Å². The fourth-order valence-electron chi connectivity index (χ4n) is 3.11. The standard InChI is InChI=1S/C16H21N3O2/c1-2-5-11(17-6-3-1)16-18-12-9-14-15(10-13(12)19-16)21-8-4-7-20-14/h9-11,17H,1-8H2,(H,18,19). The van der Waals surface area contributed by atoms with Crippen molar-refractivity contribution < 1.29 is 9.47 Å². The molecule has 4 rings (SSSR count). The Bertz CT molecular complexity index is 587. The predicted molar refractivity (Wildman–Crippen MR) is 80.9 cm³/mol. The van der Waals surface area contributed by atoms with Crippen molar-refractivity contribution in [2.45, 2.75) is 38.1 Å². The van der Waals surface area contributed by atoms with Crippen molar-refractivity contribution in [2.75, 3.05) is 19.8 Å². The Morgan fingerprint density at radius 2 is 1.86 bits per heavy atom. The van der Waals surface area contributed by atoms with Gasteiger partial charge in [-0.15, -0.1) is 0 Å². The molecule has 2 aromatic rings. The van der Waals surface area contributed by atoms with Crippen LogP contribution in [0.2, 0.25) is 0 Å². The highest BCUT2D eigenvalue weighted by Gasteiger charge is 2.19. The van der Waals surface area contributed by atoms with Crippen molar-refractivity contribution in [3.63, 3.8) is 0 Å². The van der Waals surface area contributed by atoms with Gasteiger partial charge in [0.05, 0.1) is 30.3 Å². The summed E-state index contributed by atoms with van der Waals surface area (Å²) in [5.74, 6) is 2.67. The van der Waals surface area contributed by atoms with Crippen LogP contribution < -0.4 is 14.8 Å². The number of rotatable bonds is 1. The predicted octanol–water partition coefficient (Wildman–Crippen LogP) is 2.93. The molecule has 5 heteroatoms. The average Bonchev–Trinajstić information content (AvgIpc) is 2.71. The van der Waals surface area contributed by atoms with E-state index < -0.39 is 0 Å². The summed E-state index contributed by atoms with van der Waals surface area (Å²) in [6, 6.07) is 4.34. The number of ether oxygens (including phenoxy) is 2. The molecule has 0 bridgehead atoms. The molecule has 0 amide bonds. The van der Waals surface area contributed by atoms with Crippen LogP contribution in [0.15, 0.2) is 12.1 Å². The molecule has 0 spiro atoms. The maximum atomic E-state index is 5.74. The third kappa shape index (κ3) is 2.58. The molecule has 0 saturated carbocycles. The fraction of sp³-hybridized carbons (Fsp3) is 0.562. The quantitative estimate of drug-likeness (QED) is 0.846. The zero-order valence-corrected chi connectivity index (χ0v) is 12.2. The van der Waals surface area contributed by atoms with Crippen LogP contribution in [0, 0.1) is 0 Å². The van der Waals surface area contributed by atoms with Crippen LogP contribution in [0.3, 0.4) is 0 Å². The molecule has 112 valence electrons. The number of hydrogen-bond acceptors (Lipinski definition) is 4. The van der Waals surface area contributed by atoms with E-state index in [2.05, 4.69) is 10.3 Å². The molecule has 5 nitrogen and oxygen atoms in total. The first-order chi connectivity index (χ1) is 10.4. The number of benzene rings is 1. The molecule has 3 heterocycles. The Kier molecular flexibility index (Phi) is 3.43. The summed E-state index contributed by atoms with van der Waals surface area (Å²) in [7, 11) is 0. The molecule has 1 unspecified atom stereocenters. The summed E-state index contributed by atoms with van der Waals surface area (Å²) in [5, 5.41) is 3.58. The maximum Gasteiger partial charge on any atom is 0.163 e. The number of H-pyrrole nitrogens is 1. The summed E-state index contributed by atoms with van der Waals surface area (Å²) in [6.45, 7) is 2.49. The lowest BCUT2D eigenvalue weighted by atomic mass is 10.1. The van der Waals surface area contributed by atoms with Crippen molar-refractivity contribution >= 4 is 11.0 Å². The summed E-state index contributed by atoms with van der Waals surface area (Å²) in [4.78, 5) is 8.22. The molecule has 1 aromatic heterocycles. The van der Waals surface area contributed by atoms with E-state index in [0.717, 1.165) is 47.7 Å². The van der Waals surface area contributed by atoms with E-state index in [1.165, 1.54) is 19.3 Å². The average molecular weight is 287 g/mol. The van der Waals surface area contributed by atoms with Gasteiger partial charge in [0.1, 0.15) is 5.82 Å². The van der Waals surface area contributed by atoms with Gasteiger partial charge in [-0.05, 0) is 19.4 Å². The first-order valence-electron chi connectivity index (χ1n) is 7.93. The summed E-state index contributed by atoms with van der Waals surface area (Å²) in [5.41, 5.74) is 1.99. The van der Waals surface area contributed by atoms with Crippen molar-refractivity contribution in [3.05, 3.63) is 18.0 Å². The number of nitrogens with one attached hydrogen (secondary N) is 2. The van der Waals surface area contributed by atoms with E-state index in [9.17, 15) is 0 Å². The van der Waals surface area contributed by atoms with Crippen molar-refractivity contribution in [1.82, 2.24) is 15.3 Å². The van der Waals surface area contributed by atoms with Crippen LogP contribution in [0.1, 0.15) is 44.0 Å². The lowest BCUT2D eigenvalue weighted by Gasteiger charge is -2.12. The van der Waals surface area contributed by atoms with Gasteiger partial charge in [0.2, 0.25) is 0 Å².